The SMILES string of the molecule is CCCCCC1CC1CCC(CC)CCC. The second-order valence-corrected chi connectivity index (χ2v) is 5.89. The highest BCUT2D eigenvalue weighted by molar-refractivity contribution is 4.86. The van der Waals surface area contributed by atoms with Gasteiger partial charge in [0.05, 0.1) is 0 Å². The van der Waals surface area contributed by atoms with Crippen molar-refractivity contribution >= 4 is 0 Å². The minimum Gasteiger partial charge on any atom is -0.0654 e. The number of hydrogen-bond donors (Lipinski definition) is 0. The van der Waals surface area contributed by atoms with Crippen molar-refractivity contribution in [2.45, 2.75) is 85.0 Å². The maximum Gasteiger partial charge on any atom is -0.0383 e. The van der Waals surface area contributed by atoms with Gasteiger partial charge in [0.15, 0.2) is 0 Å². The van der Waals surface area contributed by atoms with E-state index in [-0.39, 0.29) is 0 Å². The van der Waals surface area contributed by atoms with Crippen LogP contribution in [0.1, 0.15) is 85.0 Å². The fourth-order valence-corrected chi connectivity index (χ4v) is 3.08. The molecule has 0 aromatic heterocycles. The summed E-state index contributed by atoms with van der Waals surface area (Å²) < 4.78 is 0. The van der Waals surface area contributed by atoms with E-state index >= 15 is 0 Å². The van der Waals surface area contributed by atoms with E-state index in [1.807, 2.05) is 0 Å². The highest BCUT2D eigenvalue weighted by Gasteiger charge is 2.35. The molecular weight excluding hydrogens is 192 g/mol. The molecule has 0 nitrogen and oxygen atoms in total. The molecule has 0 aromatic rings. The molecule has 16 heavy (non-hydrogen) atoms. The summed E-state index contributed by atoms with van der Waals surface area (Å²) in [6.45, 7) is 7.00. The van der Waals surface area contributed by atoms with Crippen LogP contribution in [0.25, 0.3) is 0 Å². The fourth-order valence-electron chi connectivity index (χ4n) is 3.08. The summed E-state index contributed by atoms with van der Waals surface area (Å²) >= 11 is 0. The van der Waals surface area contributed by atoms with Gasteiger partial charge < -0.3 is 0 Å². The summed E-state index contributed by atoms with van der Waals surface area (Å²) in [5.74, 6) is 3.29. The van der Waals surface area contributed by atoms with Crippen molar-refractivity contribution in [2.24, 2.45) is 17.8 Å². The monoisotopic (exact) mass is 224 g/mol. The van der Waals surface area contributed by atoms with Crippen LogP contribution in [-0.2, 0) is 0 Å². The summed E-state index contributed by atoms with van der Waals surface area (Å²) in [5.41, 5.74) is 0. The van der Waals surface area contributed by atoms with Crippen molar-refractivity contribution in [1.29, 1.82) is 0 Å². The molecule has 0 aromatic carbocycles. The predicted molar refractivity (Wildman–Crippen MR) is 73.7 cm³/mol. The standard InChI is InChI=1S/C16H32/c1-4-7-8-10-15-13-16(15)12-11-14(6-3)9-5-2/h14-16H,4-13H2,1-3H3. The largest absolute Gasteiger partial charge is 0.0654 e. The molecule has 3 atom stereocenters. The lowest BCUT2D eigenvalue weighted by Gasteiger charge is -2.13. The van der Waals surface area contributed by atoms with Crippen LogP contribution in [0.5, 0.6) is 0 Å². The Kier molecular flexibility index (Phi) is 7.16. The highest BCUT2D eigenvalue weighted by Crippen LogP contribution is 2.46. The first-order chi connectivity index (χ1) is 7.81. The van der Waals surface area contributed by atoms with Crippen LogP contribution in [0.4, 0.5) is 0 Å². The fraction of sp³-hybridized carbons (Fsp3) is 1.00. The summed E-state index contributed by atoms with van der Waals surface area (Å²) in [6.07, 6.45) is 14.7. The van der Waals surface area contributed by atoms with Gasteiger partial charge in [0, 0.05) is 0 Å². The van der Waals surface area contributed by atoms with Gasteiger partial charge in [0.2, 0.25) is 0 Å². The lowest BCUT2D eigenvalue weighted by atomic mass is 9.93. The number of rotatable bonds is 10. The first-order valence-electron chi connectivity index (χ1n) is 7.81. The van der Waals surface area contributed by atoms with E-state index < -0.39 is 0 Å². The van der Waals surface area contributed by atoms with Gasteiger partial charge in [-0.15, -0.1) is 0 Å². The normalized spacial score (nSPS) is 25.7. The Morgan fingerprint density at radius 2 is 1.62 bits per heavy atom. The van der Waals surface area contributed by atoms with E-state index in [4.69, 9.17) is 0 Å². The van der Waals surface area contributed by atoms with Crippen LogP contribution in [0.2, 0.25) is 0 Å². The van der Waals surface area contributed by atoms with Crippen molar-refractivity contribution in [3.63, 3.8) is 0 Å². The zero-order valence-electron chi connectivity index (χ0n) is 11.8. The van der Waals surface area contributed by atoms with E-state index in [0.29, 0.717) is 0 Å². The van der Waals surface area contributed by atoms with Gasteiger partial charge >= 0.3 is 0 Å². The first-order valence-corrected chi connectivity index (χ1v) is 7.81. The van der Waals surface area contributed by atoms with Gasteiger partial charge in [-0.2, -0.15) is 0 Å². The van der Waals surface area contributed by atoms with Crippen LogP contribution >= 0.6 is 0 Å². The molecule has 0 heteroatoms. The molecule has 0 bridgehead atoms. The van der Waals surface area contributed by atoms with Crippen LogP contribution < -0.4 is 0 Å². The van der Waals surface area contributed by atoms with Crippen molar-refractivity contribution in [3.05, 3.63) is 0 Å². The van der Waals surface area contributed by atoms with Crippen LogP contribution in [0.3, 0.4) is 0 Å². The second-order valence-electron chi connectivity index (χ2n) is 5.89. The molecule has 1 aliphatic carbocycles. The van der Waals surface area contributed by atoms with Crippen LogP contribution in [0.15, 0.2) is 0 Å². The summed E-state index contributed by atoms with van der Waals surface area (Å²) in [4.78, 5) is 0. The van der Waals surface area contributed by atoms with E-state index in [1.165, 1.54) is 57.8 Å². The molecule has 0 spiro atoms. The molecule has 0 aliphatic heterocycles. The Morgan fingerprint density at radius 3 is 2.25 bits per heavy atom. The topological polar surface area (TPSA) is 0 Å². The average Bonchev–Trinajstić information content (AvgIpc) is 3.03. The molecule has 3 unspecified atom stereocenters. The third kappa shape index (κ3) is 5.37. The van der Waals surface area contributed by atoms with Crippen molar-refractivity contribution in [2.75, 3.05) is 0 Å². The van der Waals surface area contributed by atoms with Crippen molar-refractivity contribution in [3.8, 4) is 0 Å². The molecule has 1 aliphatic rings. The van der Waals surface area contributed by atoms with Crippen LogP contribution in [-0.4, -0.2) is 0 Å². The molecule has 0 amide bonds. The molecule has 0 radical (unpaired) electrons. The Hall–Kier alpha value is 0. The van der Waals surface area contributed by atoms with E-state index in [0.717, 1.165) is 17.8 Å². The third-order valence-corrected chi connectivity index (χ3v) is 4.47. The molecule has 96 valence electrons. The Bertz CT molecular complexity index is 161. The third-order valence-electron chi connectivity index (χ3n) is 4.47. The summed E-state index contributed by atoms with van der Waals surface area (Å²) in [6, 6.07) is 0. The number of unbranched alkanes of at least 4 members (excludes halogenated alkanes) is 2. The van der Waals surface area contributed by atoms with Crippen molar-refractivity contribution in [1.82, 2.24) is 0 Å². The Balaban J connectivity index is 1.98. The van der Waals surface area contributed by atoms with E-state index in [9.17, 15) is 0 Å². The molecule has 0 saturated heterocycles. The second kappa shape index (κ2) is 8.14. The molecular formula is C16H32. The summed E-state index contributed by atoms with van der Waals surface area (Å²) in [5, 5.41) is 0. The van der Waals surface area contributed by atoms with Gasteiger partial charge in [0.25, 0.3) is 0 Å². The first kappa shape index (κ1) is 14.1. The Labute approximate surface area is 103 Å². The van der Waals surface area contributed by atoms with Gasteiger partial charge in [-0.3, -0.25) is 0 Å². The quantitative estimate of drug-likeness (QED) is 0.411. The molecule has 1 rings (SSSR count). The Morgan fingerprint density at radius 1 is 0.875 bits per heavy atom. The maximum atomic E-state index is 2.37. The van der Waals surface area contributed by atoms with Gasteiger partial charge in [-0.25, -0.2) is 0 Å². The highest BCUT2D eigenvalue weighted by atomic mass is 14.4. The maximum absolute atomic E-state index is 2.37. The molecule has 1 fully saturated rings. The molecule has 1 saturated carbocycles. The van der Waals surface area contributed by atoms with E-state index in [2.05, 4.69) is 20.8 Å². The van der Waals surface area contributed by atoms with Gasteiger partial charge in [-0.1, -0.05) is 72.1 Å². The lowest BCUT2D eigenvalue weighted by Crippen LogP contribution is -1.99. The van der Waals surface area contributed by atoms with Crippen LogP contribution in [0, 0.1) is 17.8 Å². The summed E-state index contributed by atoms with van der Waals surface area (Å²) in [7, 11) is 0. The minimum absolute atomic E-state index is 1.03. The molecule has 0 heterocycles. The minimum atomic E-state index is 1.03. The zero-order valence-corrected chi connectivity index (χ0v) is 11.8. The van der Waals surface area contributed by atoms with E-state index in [1.54, 1.807) is 6.42 Å². The zero-order chi connectivity index (χ0) is 11.8. The lowest BCUT2D eigenvalue weighted by molar-refractivity contribution is 0.399. The number of hydrogen-bond acceptors (Lipinski definition) is 0. The smallest absolute Gasteiger partial charge is 0.0383 e. The average molecular weight is 224 g/mol. The van der Waals surface area contributed by atoms with Gasteiger partial charge in [0.1, 0.15) is 0 Å². The van der Waals surface area contributed by atoms with Gasteiger partial charge in [-0.05, 0) is 30.6 Å². The van der Waals surface area contributed by atoms with Crippen molar-refractivity contribution < 1.29 is 0 Å². The molecule has 0 N–H and O–H groups in total. The predicted octanol–water partition coefficient (Wildman–Crippen LogP) is 5.81.